The normalized spacial score (nSPS) is 16.0. The Balaban J connectivity index is 1.77. The highest BCUT2D eigenvalue weighted by molar-refractivity contribution is 5.92. The maximum Gasteiger partial charge on any atom is 0.269 e. The van der Waals surface area contributed by atoms with Crippen LogP contribution in [-0.4, -0.2) is 42.0 Å². The third kappa shape index (κ3) is 3.42. The SMILES string of the molecule is Nc1ccnc(C(=O)NCCN2CCCC2)c1. The maximum absolute atomic E-state index is 11.7. The second-order valence-electron chi connectivity index (χ2n) is 4.28. The van der Waals surface area contributed by atoms with Crippen LogP contribution in [0.15, 0.2) is 18.3 Å². The van der Waals surface area contributed by atoms with Crippen molar-refractivity contribution < 1.29 is 4.79 Å². The van der Waals surface area contributed by atoms with Crippen LogP contribution >= 0.6 is 0 Å². The van der Waals surface area contributed by atoms with Gasteiger partial charge in [0.1, 0.15) is 5.69 Å². The number of rotatable bonds is 4. The van der Waals surface area contributed by atoms with Crippen LogP contribution in [0.25, 0.3) is 0 Å². The average Bonchev–Trinajstić information content (AvgIpc) is 2.82. The van der Waals surface area contributed by atoms with Crippen molar-refractivity contribution in [3.63, 3.8) is 0 Å². The Bertz CT molecular complexity index is 388. The molecule has 0 spiro atoms. The van der Waals surface area contributed by atoms with E-state index >= 15 is 0 Å². The molecule has 0 saturated carbocycles. The number of anilines is 1. The lowest BCUT2D eigenvalue weighted by Crippen LogP contribution is -2.33. The summed E-state index contributed by atoms with van der Waals surface area (Å²) in [7, 11) is 0. The summed E-state index contributed by atoms with van der Waals surface area (Å²) in [5.74, 6) is -0.156. The quantitative estimate of drug-likeness (QED) is 0.795. The van der Waals surface area contributed by atoms with Gasteiger partial charge in [-0.25, -0.2) is 0 Å². The molecule has 0 unspecified atom stereocenters. The summed E-state index contributed by atoms with van der Waals surface area (Å²) >= 11 is 0. The Labute approximate surface area is 101 Å². The fourth-order valence-corrected chi connectivity index (χ4v) is 2.00. The zero-order valence-corrected chi connectivity index (χ0v) is 9.85. The molecule has 0 atom stereocenters. The molecule has 0 radical (unpaired) electrons. The highest BCUT2D eigenvalue weighted by atomic mass is 16.1. The van der Waals surface area contributed by atoms with Crippen molar-refractivity contribution in [3.8, 4) is 0 Å². The molecular formula is C12H18N4O. The molecule has 5 nitrogen and oxygen atoms in total. The van der Waals surface area contributed by atoms with E-state index in [1.807, 2.05) is 0 Å². The Kier molecular flexibility index (Phi) is 3.93. The minimum Gasteiger partial charge on any atom is -0.399 e. The maximum atomic E-state index is 11.7. The van der Waals surface area contributed by atoms with Gasteiger partial charge in [0.05, 0.1) is 0 Å². The van der Waals surface area contributed by atoms with Gasteiger partial charge in [-0.05, 0) is 38.1 Å². The standard InChI is InChI=1S/C12H18N4O/c13-10-3-4-14-11(9-10)12(17)15-5-8-16-6-1-2-7-16/h3-4,9H,1-2,5-8H2,(H2,13,14)(H,15,17). The van der Waals surface area contributed by atoms with Crippen molar-refractivity contribution in [2.75, 3.05) is 31.9 Å². The number of nitrogens with zero attached hydrogens (tertiary/aromatic N) is 2. The van der Waals surface area contributed by atoms with Crippen LogP contribution in [-0.2, 0) is 0 Å². The first-order valence-electron chi connectivity index (χ1n) is 5.98. The summed E-state index contributed by atoms with van der Waals surface area (Å²) in [6, 6.07) is 3.26. The summed E-state index contributed by atoms with van der Waals surface area (Å²) in [5, 5.41) is 2.85. The second kappa shape index (κ2) is 5.63. The number of likely N-dealkylation sites (tertiary alicyclic amines) is 1. The van der Waals surface area contributed by atoms with Crippen molar-refractivity contribution in [2.24, 2.45) is 0 Å². The number of amides is 1. The van der Waals surface area contributed by atoms with E-state index in [4.69, 9.17) is 5.73 Å². The molecule has 5 heteroatoms. The highest BCUT2D eigenvalue weighted by Crippen LogP contribution is 2.06. The summed E-state index contributed by atoms with van der Waals surface area (Å²) in [6.45, 7) is 3.86. The molecule has 1 fully saturated rings. The lowest BCUT2D eigenvalue weighted by Gasteiger charge is -2.14. The van der Waals surface area contributed by atoms with Crippen molar-refractivity contribution in [2.45, 2.75) is 12.8 Å². The molecule has 1 aromatic rings. The second-order valence-corrected chi connectivity index (χ2v) is 4.28. The lowest BCUT2D eigenvalue weighted by atomic mass is 10.3. The summed E-state index contributed by atoms with van der Waals surface area (Å²) in [6.07, 6.45) is 4.08. The van der Waals surface area contributed by atoms with Crippen LogP contribution in [0.5, 0.6) is 0 Å². The molecule has 3 N–H and O–H groups in total. The molecule has 0 aliphatic carbocycles. The minimum absolute atomic E-state index is 0.156. The minimum atomic E-state index is -0.156. The van der Waals surface area contributed by atoms with Crippen LogP contribution < -0.4 is 11.1 Å². The van der Waals surface area contributed by atoms with Crippen LogP contribution in [0.2, 0.25) is 0 Å². The molecule has 1 aliphatic rings. The van der Waals surface area contributed by atoms with Crippen molar-refractivity contribution >= 4 is 11.6 Å². The molecule has 92 valence electrons. The lowest BCUT2D eigenvalue weighted by molar-refractivity contribution is 0.0945. The number of nitrogen functional groups attached to an aromatic ring is 1. The molecule has 1 amide bonds. The van der Waals surface area contributed by atoms with Crippen molar-refractivity contribution in [1.82, 2.24) is 15.2 Å². The molecule has 2 heterocycles. The number of carbonyl (C=O) groups is 1. The number of hydrogen-bond donors (Lipinski definition) is 2. The van der Waals surface area contributed by atoms with Crippen molar-refractivity contribution in [3.05, 3.63) is 24.0 Å². The van der Waals surface area contributed by atoms with Gasteiger partial charge < -0.3 is 16.0 Å². The molecule has 0 aromatic carbocycles. The smallest absolute Gasteiger partial charge is 0.269 e. The van der Waals surface area contributed by atoms with Gasteiger partial charge in [0.25, 0.3) is 5.91 Å². The predicted molar refractivity (Wildman–Crippen MR) is 66.7 cm³/mol. The van der Waals surface area contributed by atoms with Gasteiger partial charge >= 0.3 is 0 Å². The van der Waals surface area contributed by atoms with Gasteiger partial charge in [-0.3, -0.25) is 9.78 Å². The van der Waals surface area contributed by atoms with E-state index in [-0.39, 0.29) is 5.91 Å². The highest BCUT2D eigenvalue weighted by Gasteiger charge is 2.12. The number of nitrogens with two attached hydrogens (primary N) is 1. The fraction of sp³-hybridized carbons (Fsp3) is 0.500. The molecule has 0 bridgehead atoms. The van der Waals surface area contributed by atoms with Crippen LogP contribution in [0.1, 0.15) is 23.3 Å². The van der Waals surface area contributed by atoms with Gasteiger partial charge in [0, 0.05) is 25.0 Å². The average molecular weight is 234 g/mol. The van der Waals surface area contributed by atoms with E-state index in [0.717, 1.165) is 19.6 Å². The van der Waals surface area contributed by atoms with Crippen LogP contribution in [0, 0.1) is 0 Å². The monoisotopic (exact) mass is 234 g/mol. The van der Waals surface area contributed by atoms with Gasteiger partial charge in [0.15, 0.2) is 0 Å². The largest absolute Gasteiger partial charge is 0.399 e. The number of hydrogen-bond acceptors (Lipinski definition) is 4. The molecule has 17 heavy (non-hydrogen) atoms. The first kappa shape index (κ1) is 11.9. The zero-order valence-electron chi connectivity index (χ0n) is 9.85. The first-order chi connectivity index (χ1) is 8.25. The number of nitrogens with one attached hydrogen (secondary N) is 1. The van der Waals surface area contributed by atoms with Crippen molar-refractivity contribution in [1.29, 1.82) is 0 Å². The van der Waals surface area contributed by atoms with Gasteiger partial charge in [-0.1, -0.05) is 0 Å². The zero-order chi connectivity index (χ0) is 12.1. The van der Waals surface area contributed by atoms with E-state index in [0.29, 0.717) is 17.9 Å². The number of carbonyl (C=O) groups excluding carboxylic acids is 1. The molecule has 1 aliphatic heterocycles. The molecule has 1 saturated heterocycles. The Morgan fingerprint density at radius 3 is 2.94 bits per heavy atom. The van der Waals surface area contributed by atoms with E-state index in [1.165, 1.54) is 12.8 Å². The molecule has 2 rings (SSSR count). The van der Waals surface area contributed by atoms with Gasteiger partial charge in [-0.2, -0.15) is 0 Å². The Morgan fingerprint density at radius 2 is 2.24 bits per heavy atom. The van der Waals surface area contributed by atoms with Crippen LogP contribution in [0.3, 0.4) is 0 Å². The Morgan fingerprint density at radius 1 is 1.47 bits per heavy atom. The predicted octanol–water partition coefficient (Wildman–Crippen LogP) is 0.489. The number of pyridine rings is 1. The first-order valence-corrected chi connectivity index (χ1v) is 5.98. The third-order valence-electron chi connectivity index (χ3n) is 2.93. The fourth-order valence-electron chi connectivity index (χ4n) is 2.00. The van der Waals surface area contributed by atoms with Gasteiger partial charge in [0.2, 0.25) is 0 Å². The van der Waals surface area contributed by atoms with E-state index in [9.17, 15) is 4.79 Å². The summed E-state index contributed by atoms with van der Waals surface area (Å²) < 4.78 is 0. The van der Waals surface area contributed by atoms with Gasteiger partial charge in [-0.15, -0.1) is 0 Å². The van der Waals surface area contributed by atoms with E-state index < -0.39 is 0 Å². The topological polar surface area (TPSA) is 71.2 Å². The summed E-state index contributed by atoms with van der Waals surface area (Å²) in [5.41, 5.74) is 6.54. The van der Waals surface area contributed by atoms with Crippen LogP contribution in [0.4, 0.5) is 5.69 Å². The molecule has 1 aromatic heterocycles. The summed E-state index contributed by atoms with van der Waals surface area (Å²) in [4.78, 5) is 18.1. The Hall–Kier alpha value is -1.62. The molecular weight excluding hydrogens is 216 g/mol. The van der Waals surface area contributed by atoms with E-state index in [2.05, 4.69) is 15.2 Å². The number of aromatic nitrogens is 1. The third-order valence-corrected chi connectivity index (χ3v) is 2.93. The van der Waals surface area contributed by atoms with E-state index in [1.54, 1.807) is 18.3 Å².